The fourth-order valence-corrected chi connectivity index (χ4v) is 2.14. The van der Waals surface area contributed by atoms with Crippen molar-refractivity contribution in [3.05, 3.63) is 15.8 Å². The maximum absolute atomic E-state index is 10.3. The number of hydrogen-bond acceptors (Lipinski definition) is 4. The van der Waals surface area contributed by atoms with Gasteiger partial charge in [-0.15, -0.1) is 11.3 Å². The van der Waals surface area contributed by atoms with Gasteiger partial charge < -0.3 is 15.9 Å². The van der Waals surface area contributed by atoms with Crippen molar-refractivity contribution in [2.75, 3.05) is 0 Å². The molecule has 0 amide bonds. The largest absolute Gasteiger partial charge is 0.507 e. The van der Waals surface area contributed by atoms with Gasteiger partial charge in [0, 0.05) is 17.3 Å². The number of aliphatic carboxylic acids is 1. The Morgan fingerprint density at radius 3 is 2.79 bits per heavy atom. The van der Waals surface area contributed by atoms with E-state index < -0.39 is 5.97 Å². The summed E-state index contributed by atoms with van der Waals surface area (Å²) in [4.78, 5) is 12.0. The molecule has 1 aromatic heterocycles. The van der Waals surface area contributed by atoms with Crippen LogP contribution in [0, 0.1) is 6.92 Å². The lowest BCUT2D eigenvalue weighted by Crippen LogP contribution is -2.10. The van der Waals surface area contributed by atoms with Gasteiger partial charge in [-0.3, -0.25) is 4.79 Å². The molecule has 0 fully saturated rings. The van der Waals surface area contributed by atoms with Gasteiger partial charge in [-0.25, -0.2) is 0 Å². The van der Waals surface area contributed by atoms with E-state index in [-0.39, 0.29) is 18.2 Å². The second-order valence-corrected chi connectivity index (χ2v) is 4.43. The average molecular weight is 215 g/mol. The van der Waals surface area contributed by atoms with Crippen LogP contribution in [0.15, 0.2) is 6.07 Å². The normalized spacial score (nSPS) is 12.7. The SMILES string of the molecule is Cc1cc(O)c(C(N)CCC(=O)O)s1. The summed E-state index contributed by atoms with van der Waals surface area (Å²) < 4.78 is 0. The van der Waals surface area contributed by atoms with Crippen LogP contribution in [-0.2, 0) is 4.79 Å². The number of carboxylic acids is 1. The zero-order chi connectivity index (χ0) is 10.7. The molecule has 78 valence electrons. The van der Waals surface area contributed by atoms with E-state index in [1.54, 1.807) is 6.07 Å². The Morgan fingerprint density at radius 1 is 1.71 bits per heavy atom. The van der Waals surface area contributed by atoms with E-state index in [0.717, 1.165) is 4.88 Å². The van der Waals surface area contributed by atoms with Gasteiger partial charge in [0.25, 0.3) is 0 Å². The second-order valence-electron chi connectivity index (χ2n) is 3.15. The van der Waals surface area contributed by atoms with E-state index in [1.165, 1.54) is 11.3 Å². The van der Waals surface area contributed by atoms with Crippen LogP contribution in [0.25, 0.3) is 0 Å². The molecular weight excluding hydrogens is 202 g/mol. The molecule has 14 heavy (non-hydrogen) atoms. The number of aromatic hydroxyl groups is 1. The van der Waals surface area contributed by atoms with Crippen molar-refractivity contribution in [3.8, 4) is 5.75 Å². The van der Waals surface area contributed by atoms with Gasteiger partial charge in [0.1, 0.15) is 5.75 Å². The molecule has 1 unspecified atom stereocenters. The van der Waals surface area contributed by atoms with Crippen LogP contribution >= 0.6 is 11.3 Å². The number of carbonyl (C=O) groups is 1. The first-order chi connectivity index (χ1) is 6.50. The number of hydrogen-bond donors (Lipinski definition) is 3. The van der Waals surface area contributed by atoms with Crippen LogP contribution < -0.4 is 5.73 Å². The third-order valence-electron chi connectivity index (χ3n) is 1.87. The Kier molecular flexibility index (Phi) is 3.49. The van der Waals surface area contributed by atoms with Gasteiger partial charge >= 0.3 is 5.97 Å². The summed E-state index contributed by atoms with van der Waals surface area (Å²) in [6.07, 6.45) is 0.375. The van der Waals surface area contributed by atoms with E-state index >= 15 is 0 Å². The zero-order valence-corrected chi connectivity index (χ0v) is 8.67. The molecule has 0 aliphatic heterocycles. The first-order valence-electron chi connectivity index (χ1n) is 4.27. The lowest BCUT2D eigenvalue weighted by atomic mass is 10.1. The molecule has 1 atom stereocenters. The van der Waals surface area contributed by atoms with Gasteiger partial charge in [-0.1, -0.05) is 0 Å². The highest BCUT2D eigenvalue weighted by molar-refractivity contribution is 7.12. The van der Waals surface area contributed by atoms with E-state index in [2.05, 4.69) is 0 Å². The Morgan fingerprint density at radius 2 is 2.36 bits per heavy atom. The lowest BCUT2D eigenvalue weighted by molar-refractivity contribution is -0.137. The van der Waals surface area contributed by atoms with Crippen molar-refractivity contribution < 1.29 is 15.0 Å². The minimum atomic E-state index is -0.867. The summed E-state index contributed by atoms with van der Waals surface area (Å²) >= 11 is 1.41. The summed E-state index contributed by atoms with van der Waals surface area (Å²) in [5, 5.41) is 17.9. The van der Waals surface area contributed by atoms with Gasteiger partial charge in [-0.05, 0) is 19.4 Å². The first-order valence-corrected chi connectivity index (χ1v) is 5.09. The van der Waals surface area contributed by atoms with Crippen LogP contribution in [0.5, 0.6) is 5.75 Å². The monoisotopic (exact) mass is 215 g/mol. The summed E-state index contributed by atoms with van der Waals surface area (Å²) in [6, 6.07) is 1.26. The van der Waals surface area contributed by atoms with Crippen molar-refractivity contribution >= 4 is 17.3 Å². The molecule has 5 heteroatoms. The smallest absolute Gasteiger partial charge is 0.303 e. The number of aryl methyl sites for hydroxylation is 1. The molecule has 0 radical (unpaired) electrons. The summed E-state index contributed by atoms with van der Waals surface area (Å²) in [7, 11) is 0. The van der Waals surface area contributed by atoms with Crippen molar-refractivity contribution in [2.24, 2.45) is 5.73 Å². The van der Waals surface area contributed by atoms with Crippen LogP contribution in [0.4, 0.5) is 0 Å². The molecule has 0 bridgehead atoms. The minimum Gasteiger partial charge on any atom is -0.507 e. The number of rotatable bonds is 4. The highest BCUT2D eigenvalue weighted by Crippen LogP contribution is 2.33. The van der Waals surface area contributed by atoms with Crippen LogP contribution in [0.2, 0.25) is 0 Å². The van der Waals surface area contributed by atoms with Crippen molar-refractivity contribution in [1.82, 2.24) is 0 Å². The van der Waals surface area contributed by atoms with Crippen LogP contribution in [0.1, 0.15) is 28.6 Å². The fourth-order valence-electron chi connectivity index (χ4n) is 1.19. The topological polar surface area (TPSA) is 83.5 Å². The van der Waals surface area contributed by atoms with Gasteiger partial charge in [0.05, 0.1) is 4.88 Å². The molecule has 0 aliphatic rings. The van der Waals surface area contributed by atoms with E-state index in [0.29, 0.717) is 11.3 Å². The van der Waals surface area contributed by atoms with Crippen molar-refractivity contribution in [2.45, 2.75) is 25.8 Å². The standard InChI is InChI=1S/C9H13NO3S/c1-5-4-7(11)9(14-5)6(10)2-3-8(12)13/h4,6,11H,2-3,10H2,1H3,(H,12,13). The Balaban J connectivity index is 2.64. The minimum absolute atomic E-state index is 0.0254. The van der Waals surface area contributed by atoms with Gasteiger partial charge in [0.2, 0.25) is 0 Å². The molecule has 0 saturated heterocycles. The number of carboxylic acid groups (broad SMARTS) is 1. The third-order valence-corrected chi connectivity index (χ3v) is 3.04. The lowest BCUT2D eigenvalue weighted by Gasteiger charge is -2.07. The molecule has 4 N–H and O–H groups in total. The van der Waals surface area contributed by atoms with Crippen LogP contribution in [0.3, 0.4) is 0 Å². The third kappa shape index (κ3) is 2.71. The highest BCUT2D eigenvalue weighted by atomic mass is 32.1. The van der Waals surface area contributed by atoms with E-state index in [1.807, 2.05) is 6.92 Å². The van der Waals surface area contributed by atoms with Crippen molar-refractivity contribution in [1.29, 1.82) is 0 Å². The Labute approximate surface area is 86.0 Å². The van der Waals surface area contributed by atoms with Crippen LogP contribution in [-0.4, -0.2) is 16.2 Å². The Bertz CT molecular complexity index is 335. The van der Waals surface area contributed by atoms with E-state index in [9.17, 15) is 9.90 Å². The molecule has 0 saturated carbocycles. The van der Waals surface area contributed by atoms with Gasteiger partial charge in [0.15, 0.2) is 0 Å². The van der Waals surface area contributed by atoms with Crippen molar-refractivity contribution in [3.63, 3.8) is 0 Å². The molecule has 0 aromatic carbocycles. The summed E-state index contributed by atoms with van der Waals surface area (Å²) in [6.45, 7) is 1.87. The maximum Gasteiger partial charge on any atom is 0.303 e. The fraction of sp³-hybridized carbons (Fsp3) is 0.444. The predicted octanol–water partition coefficient (Wildman–Crippen LogP) is 1.63. The average Bonchev–Trinajstić information content (AvgIpc) is 2.41. The molecule has 0 aliphatic carbocycles. The number of thiophene rings is 1. The zero-order valence-electron chi connectivity index (χ0n) is 7.86. The predicted molar refractivity (Wildman–Crippen MR) is 54.5 cm³/mol. The molecule has 1 aromatic rings. The summed E-state index contributed by atoms with van der Waals surface area (Å²) in [5.74, 6) is -0.696. The quantitative estimate of drug-likeness (QED) is 0.712. The number of nitrogens with two attached hydrogens (primary N) is 1. The highest BCUT2D eigenvalue weighted by Gasteiger charge is 2.14. The van der Waals surface area contributed by atoms with E-state index in [4.69, 9.17) is 10.8 Å². The first kappa shape index (κ1) is 11.0. The second kappa shape index (κ2) is 4.43. The molecular formula is C9H13NO3S. The molecule has 1 heterocycles. The van der Waals surface area contributed by atoms with Gasteiger partial charge in [-0.2, -0.15) is 0 Å². The maximum atomic E-state index is 10.3. The molecule has 0 spiro atoms. The summed E-state index contributed by atoms with van der Waals surface area (Å²) in [5.41, 5.74) is 5.74. The molecule has 4 nitrogen and oxygen atoms in total. The molecule has 1 rings (SSSR count). The Hall–Kier alpha value is -1.07.